The Labute approximate surface area is 87.4 Å². The molecule has 0 saturated carbocycles. The van der Waals surface area contributed by atoms with E-state index in [0.29, 0.717) is 6.42 Å². The van der Waals surface area contributed by atoms with Crippen molar-refractivity contribution in [3.8, 4) is 0 Å². The van der Waals surface area contributed by atoms with Crippen LogP contribution in [0.25, 0.3) is 0 Å². The van der Waals surface area contributed by atoms with E-state index in [0.717, 1.165) is 11.1 Å². The van der Waals surface area contributed by atoms with Gasteiger partial charge in [0, 0.05) is 18.8 Å². The summed E-state index contributed by atoms with van der Waals surface area (Å²) in [7, 11) is 0. The van der Waals surface area contributed by atoms with E-state index in [2.05, 4.69) is 4.98 Å². The smallest absolute Gasteiger partial charge is 0.123 e. The predicted octanol–water partition coefficient (Wildman–Crippen LogP) is 2.43. The number of hydrogen-bond acceptors (Lipinski definition) is 1. The first-order chi connectivity index (χ1) is 7.25. The van der Waals surface area contributed by atoms with Gasteiger partial charge in [-0.15, -0.1) is 0 Å². The Hall–Kier alpha value is -1.61. The number of benzene rings is 1. The third-order valence-electron chi connectivity index (χ3n) is 2.35. The Balaban J connectivity index is 2.06. The van der Waals surface area contributed by atoms with Crippen LogP contribution >= 0.6 is 0 Å². The molecule has 1 unspecified atom stereocenters. The molecule has 2 nitrogen and oxygen atoms in total. The molecule has 2 rings (SSSR count). The summed E-state index contributed by atoms with van der Waals surface area (Å²) in [6.45, 7) is 0. The van der Waals surface area contributed by atoms with Crippen molar-refractivity contribution in [3.63, 3.8) is 0 Å². The first-order valence-corrected chi connectivity index (χ1v) is 4.81. The molecule has 0 radical (unpaired) electrons. The lowest BCUT2D eigenvalue weighted by Gasteiger charge is -2.08. The van der Waals surface area contributed by atoms with E-state index in [1.807, 2.05) is 6.07 Å². The second kappa shape index (κ2) is 4.28. The maximum absolute atomic E-state index is 12.6. The van der Waals surface area contributed by atoms with Gasteiger partial charge in [0.15, 0.2) is 0 Å². The highest BCUT2D eigenvalue weighted by Gasteiger charge is 2.08. The number of aromatic nitrogens is 1. The van der Waals surface area contributed by atoms with E-state index < -0.39 is 6.10 Å². The molecule has 1 aromatic carbocycles. The van der Waals surface area contributed by atoms with Gasteiger partial charge in [-0.05, 0) is 29.3 Å². The van der Waals surface area contributed by atoms with Gasteiger partial charge in [0.1, 0.15) is 5.82 Å². The van der Waals surface area contributed by atoms with Crippen LogP contribution < -0.4 is 0 Å². The number of aliphatic hydroxyl groups is 1. The lowest BCUT2D eigenvalue weighted by atomic mass is 10.0. The van der Waals surface area contributed by atoms with E-state index >= 15 is 0 Å². The number of halogens is 1. The fourth-order valence-corrected chi connectivity index (χ4v) is 1.51. The number of H-pyrrole nitrogens is 1. The zero-order valence-electron chi connectivity index (χ0n) is 8.15. The second-order valence-electron chi connectivity index (χ2n) is 3.49. The van der Waals surface area contributed by atoms with Crippen molar-refractivity contribution in [2.45, 2.75) is 12.5 Å². The van der Waals surface area contributed by atoms with Gasteiger partial charge in [-0.25, -0.2) is 4.39 Å². The zero-order chi connectivity index (χ0) is 10.7. The fourth-order valence-electron chi connectivity index (χ4n) is 1.51. The van der Waals surface area contributed by atoms with Crippen LogP contribution in [0.3, 0.4) is 0 Å². The van der Waals surface area contributed by atoms with E-state index in [-0.39, 0.29) is 5.82 Å². The summed E-state index contributed by atoms with van der Waals surface area (Å²) in [6.07, 6.45) is 3.48. The van der Waals surface area contributed by atoms with E-state index in [9.17, 15) is 9.50 Å². The van der Waals surface area contributed by atoms with E-state index in [1.54, 1.807) is 24.5 Å². The third-order valence-corrected chi connectivity index (χ3v) is 2.35. The Morgan fingerprint density at radius 2 is 1.93 bits per heavy atom. The molecule has 0 aliphatic carbocycles. The van der Waals surface area contributed by atoms with Crippen LogP contribution in [0.4, 0.5) is 4.39 Å². The van der Waals surface area contributed by atoms with E-state index in [1.165, 1.54) is 12.1 Å². The molecular weight excluding hydrogens is 193 g/mol. The molecule has 1 aromatic heterocycles. The Kier molecular flexibility index (Phi) is 2.83. The molecule has 2 aromatic rings. The molecule has 0 aliphatic rings. The summed E-state index contributed by atoms with van der Waals surface area (Å²) in [5, 5.41) is 9.82. The van der Waals surface area contributed by atoms with Crippen LogP contribution in [0.5, 0.6) is 0 Å². The van der Waals surface area contributed by atoms with Crippen LogP contribution in [0.1, 0.15) is 17.2 Å². The van der Waals surface area contributed by atoms with Gasteiger partial charge in [-0.3, -0.25) is 0 Å². The maximum Gasteiger partial charge on any atom is 0.123 e. The molecule has 15 heavy (non-hydrogen) atoms. The number of nitrogens with one attached hydrogen (secondary N) is 1. The number of aromatic amines is 1. The molecule has 1 atom stereocenters. The largest absolute Gasteiger partial charge is 0.388 e. The van der Waals surface area contributed by atoms with Crippen molar-refractivity contribution in [2.24, 2.45) is 0 Å². The first-order valence-electron chi connectivity index (χ1n) is 4.81. The molecule has 0 bridgehead atoms. The van der Waals surface area contributed by atoms with Crippen LogP contribution in [-0.2, 0) is 6.42 Å². The SMILES string of the molecule is OC(Cc1ccc(F)cc1)c1cc[nH]c1. The Morgan fingerprint density at radius 3 is 2.53 bits per heavy atom. The van der Waals surface area contributed by atoms with Crippen LogP contribution in [0.15, 0.2) is 42.7 Å². The minimum Gasteiger partial charge on any atom is -0.388 e. The summed E-state index contributed by atoms with van der Waals surface area (Å²) in [6, 6.07) is 8.00. The van der Waals surface area contributed by atoms with Gasteiger partial charge in [0.25, 0.3) is 0 Å². The van der Waals surface area contributed by atoms with Gasteiger partial charge in [0.2, 0.25) is 0 Å². The maximum atomic E-state index is 12.6. The minimum atomic E-state index is -0.540. The lowest BCUT2D eigenvalue weighted by Crippen LogP contribution is -2.00. The predicted molar refractivity (Wildman–Crippen MR) is 55.9 cm³/mol. The van der Waals surface area contributed by atoms with Gasteiger partial charge >= 0.3 is 0 Å². The summed E-state index contributed by atoms with van der Waals surface area (Å²) in [5.41, 5.74) is 1.77. The van der Waals surface area contributed by atoms with Crippen molar-refractivity contribution in [2.75, 3.05) is 0 Å². The minimum absolute atomic E-state index is 0.255. The van der Waals surface area contributed by atoms with Gasteiger partial charge in [-0.2, -0.15) is 0 Å². The fraction of sp³-hybridized carbons (Fsp3) is 0.167. The zero-order valence-corrected chi connectivity index (χ0v) is 8.15. The molecule has 0 spiro atoms. The molecule has 0 fully saturated rings. The molecular formula is C12H12FNO. The molecule has 0 saturated heterocycles. The van der Waals surface area contributed by atoms with Gasteiger partial charge < -0.3 is 10.1 Å². The Morgan fingerprint density at radius 1 is 1.20 bits per heavy atom. The molecule has 2 N–H and O–H groups in total. The molecule has 1 heterocycles. The molecule has 0 aliphatic heterocycles. The molecule has 3 heteroatoms. The summed E-state index contributed by atoms with van der Waals surface area (Å²) >= 11 is 0. The highest BCUT2D eigenvalue weighted by atomic mass is 19.1. The third kappa shape index (κ3) is 2.44. The van der Waals surface area contributed by atoms with Crippen molar-refractivity contribution >= 4 is 0 Å². The summed E-state index contributed by atoms with van der Waals surface area (Å²) in [4.78, 5) is 2.89. The normalized spacial score (nSPS) is 12.7. The van der Waals surface area contributed by atoms with Gasteiger partial charge in [-0.1, -0.05) is 12.1 Å². The van der Waals surface area contributed by atoms with Crippen molar-refractivity contribution in [1.82, 2.24) is 4.98 Å². The van der Waals surface area contributed by atoms with Crippen LogP contribution in [0.2, 0.25) is 0 Å². The molecule has 0 amide bonds. The highest BCUT2D eigenvalue weighted by molar-refractivity contribution is 5.20. The first kappa shape index (κ1) is 9.93. The summed E-state index contributed by atoms with van der Waals surface area (Å²) < 4.78 is 12.6. The van der Waals surface area contributed by atoms with Crippen molar-refractivity contribution in [1.29, 1.82) is 0 Å². The van der Waals surface area contributed by atoms with E-state index in [4.69, 9.17) is 0 Å². The average Bonchev–Trinajstić information content (AvgIpc) is 2.74. The number of hydrogen-bond donors (Lipinski definition) is 2. The number of aliphatic hydroxyl groups excluding tert-OH is 1. The number of rotatable bonds is 3. The van der Waals surface area contributed by atoms with Crippen LogP contribution in [0, 0.1) is 5.82 Å². The van der Waals surface area contributed by atoms with Crippen LogP contribution in [-0.4, -0.2) is 10.1 Å². The highest BCUT2D eigenvalue weighted by Crippen LogP contribution is 2.17. The van der Waals surface area contributed by atoms with Crippen molar-refractivity contribution in [3.05, 3.63) is 59.7 Å². The average molecular weight is 205 g/mol. The molecule has 78 valence electrons. The second-order valence-corrected chi connectivity index (χ2v) is 3.49. The lowest BCUT2D eigenvalue weighted by molar-refractivity contribution is 0.178. The topological polar surface area (TPSA) is 36.0 Å². The quantitative estimate of drug-likeness (QED) is 0.793. The van der Waals surface area contributed by atoms with Gasteiger partial charge in [0.05, 0.1) is 6.10 Å². The summed E-state index contributed by atoms with van der Waals surface area (Å²) in [5.74, 6) is -0.255. The Bertz CT molecular complexity index is 408. The standard InChI is InChI=1S/C12H12FNO/c13-11-3-1-9(2-4-11)7-12(15)10-5-6-14-8-10/h1-6,8,12,14-15H,7H2. The van der Waals surface area contributed by atoms with Crippen molar-refractivity contribution < 1.29 is 9.50 Å². The monoisotopic (exact) mass is 205 g/mol.